The van der Waals surface area contributed by atoms with Gasteiger partial charge in [-0.2, -0.15) is 0 Å². The van der Waals surface area contributed by atoms with Crippen LogP contribution in [0.4, 0.5) is 4.39 Å². The molecule has 0 radical (unpaired) electrons. The van der Waals surface area contributed by atoms with E-state index in [4.69, 9.17) is 11.6 Å². The van der Waals surface area contributed by atoms with Crippen LogP contribution in [-0.2, 0) is 17.6 Å². The number of halogens is 2. The first-order valence-electron chi connectivity index (χ1n) is 6.57. The van der Waals surface area contributed by atoms with Crippen LogP contribution in [0.1, 0.15) is 23.1 Å². The first kappa shape index (κ1) is 14.7. The number of benzene rings is 2. The monoisotopic (exact) mass is 290 g/mol. The molecule has 0 aliphatic carbocycles. The Morgan fingerprint density at radius 1 is 1.10 bits per heavy atom. The summed E-state index contributed by atoms with van der Waals surface area (Å²) < 4.78 is 13.3. The summed E-state index contributed by atoms with van der Waals surface area (Å²) in [6.45, 7) is 2.03. The molecule has 3 heteroatoms. The van der Waals surface area contributed by atoms with E-state index in [0.717, 1.165) is 0 Å². The van der Waals surface area contributed by atoms with Crippen molar-refractivity contribution in [2.45, 2.75) is 26.2 Å². The lowest BCUT2D eigenvalue weighted by Gasteiger charge is -2.06. The third-order valence-corrected chi connectivity index (χ3v) is 3.78. The molecule has 2 rings (SSSR count). The quantitative estimate of drug-likeness (QED) is 0.790. The normalized spacial score (nSPS) is 10.6. The van der Waals surface area contributed by atoms with Crippen molar-refractivity contribution in [2.75, 3.05) is 0 Å². The minimum absolute atomic E-state index is 0.0525. The van der Waals surface area contributed by atoms with Crippen LogP contribution in [-0.4, -0.2) is 5.78 Å². The fourth-order valence-electron chi connectivity index (χ4n) is 2.15. The van der Waals surface area contributed by atoms with Crippen molar-refractivity contribution < 1.29 is 9.18 Å². The van der Waals surface area contributed by atoms with Crippen LogP contribution in [0.3, 0.4) is 0 Å². The number of carbonyl (C=O) groups is 1. The van der Waals surface area contributed by atoms with Gasteiger partial charge in [0.15, 0.2) is 0 Å². The standard InChI is InChI=1S/C17H16ClFO/c1-12-5-2-3-6-13(12)9-10-15(20)11-14-7-4-8-16(19)17(14)18/h2-8H,9-11H2,1H3. The number of ketones is 1. The predicted molar refractivity (Wildman–Crippen MR) is 79.6 cm³/mol. The number of carbonyl (C=O) groups excluding carboxylic acids is 1. The average Bonchev–Trinajstić information content (AvgIpc) is 2.43. The molecule has 20 heavy (non-hydrogen) atoms. The Morgan fingerprint density at radius 2 is 1.80 bits per heavy atom. The van der Waals surface area contributed by atoms with Gasteiger partial charge in [0.1, 0.15) is 11.6 Å². The lowest BCUT2D eigenvalue weighted by molar-refractivity contribution is -0.118. The molecule has 104 valence electrons. The molecule has 0 amide bonds. The molecule has 0 unspecified atom stereocenters. The predicted octanol–water partition coefficient (Wildman–Crippen LogP) is 4.53. The van der Waals surface area contributed by atoms with Crippen molar-refractivity contribution in [3.8, 4) is 0 Å². The van der Waals surface area contributed by atoms with Gasteiger partial charge >= 0.3 is 0 Å². The van der Waals surface area contributed by atoms with Gasteiger partial charge in [0.2, 0.25) is 0 Å². The highest BCUT2D eigenvalue weighted by molar-refractivity contribution is 6.31. The van der Waals surface area contributed by atoms with Crippen LogP contribution in [0.5, 0.6) is 0 Å². The van der Waals surface area contributed by atoms with Gasteiger partial charge < -0.3 is 0 Å². The molecule has 2 aromatic rings. The summed E-state index contributed by atoms with van der Waals surface area (Å²) >= 11 is 5.85. The zero-order valence-corrected chi connectivity index (χ0v) is 12.1. The summed E-state index contributed by atoms with van der Waals surface area (Å²) in [6.07, 6.45) is 1.33. The Bertz CT molecular complexity index is 622. The van der Waals surface area contributed by atoms with Gasteiger partial charge in [0, 0.05) is 12.8 Å². The Kier molecular flexibility index (Phi) is 4.91. The molecule has 1 nitrogen and oxygen atoms in total. The van der Waals surface area contributed by atoms with Crippen molar-refractivity contribution in [1.82, 2.24) is 0 Å². The van der Waals surface area contributed by atoms with E-state index in [1.165, 1.54) is 17.2 Å². The summed E-state index contributed by atoms with van der Waals surface area (Å²) in [5.74, 6) is -0.406. The summed E-state index contributed by atoms with van der Waals surface area (Å²) in [5, 5.41) is 0.0525. The zero-order chi connectivity index (χ0) is 14.5. The van der Waals surface area contributed by atoms with Crippen LogP contribution in [0.15, 0.2) is 42.5 Å². The highest BCUT2D eigenvalue weighted by Gasteiger charge is 2.10. The summed E-state index contributed by atoms with van der Waals surface area (Å²) in [4.78, 5) is 12.0. The highest BCUT2D eigenvalue weighted by atomic mass is 35.5. The van der Waals surface area contributed by atoms with Crippen molar-refractivity contribution >= 4 is 17.4 Å². The van der Waals surface area contributed by atoms with Crippen molar-refractivity contribution in [1.29, 1.82) is 0 Å². The second-order valence-electron chi connectivity index (χ2n) is 4.85. The molecule has 0 saturated heterocycles. The Hall–Kier alpha value is -1.67. The van der Waals surface area contributed by atoms with E-state index < -0.39 is 5.82 Å². The summed E-state index contributed by atoms with van der Waals surface area (Å²) in [5.41, 5.74) is 2.91. The summed E-state index contributed by atoms with van der Waals surface area (Å²) in [6, 6.07) is 12.6. The second kappa shape index (κ2) is 6.67. The third kappa shape index (κ3) is 3.67. The van der Waals surface area contributed by atoms with Gasteiger partial charge in [0.25, 0.3) is 0 Å². The van der Waals surface area contributed by atoms with E-state index in [-0.39, 0.29) is 17.2 Å². The molecule has 0 heterocycles. The largest absolute Gasteiger partial charge is 0.299 e. The van der Waals surface area contributed by atoms with Crippen LogP contribution < -0.4 is 0 Å². The minimum atomic E-state index is -0.476. The molecule has 0 fully saturated rings. The number of hydrogen-bond acceptors (Lipinski definition) is 1. The summed E-state index contributed by atoms with van der Waals surface area (Å²) in [7, 11) is 0. The first-order valence-corrected chi connectivity index (χ1v) is 6.95. The first-order chi connectivity index (χ1) is 9.58. The molecule has 0 aliphatic heterocycles. The average molecular weight is 291 g/mol. The molecule has 0 bridgehead atoms. The topological polar surface area (TPSA) is 17.1 Å². The number of hydrogen-bond donors (Lipinski definition) is 0. The number of aryl methyl sites for hydroxylation is 2. The lowest BCUT2D eigenvalue weighted by Crippen LogP contribution is -2.06. The molecule has 0 aliphatic rings. The van der Waals surface area contributed by atoms with E-state index >= 15 is 0 Å². The van der Waals surface area contributed by atoms with E-state index in [9.17, 15) is 9.18 Å². The van der Waals surface area contributed by atoms with Gasteiger partial charge in [-0.1, -0.05) is 48.0 Å². The number of Topliss-reactive ketones (excluding diaryl/α,β-unsaturated/α-hetero) is 1. The van der Waals surface area contributed by atoms with E-state index in [1.807, 2.05) is 31.2 Å². The third-order valence-electron chi connectivity index (χ3n) is 3.35. The maximum absolute atomic E-state index is 13.3. The Morgan fingerprint density at radius 3 is 2.55 bits per heavy atom. The van der Waals surface area contributed by atoms with Crippen LogP contribution in [0, 0.1) is 12.7 Å². The maximum Gasteiger partial charge on any atom is 0.142 e. The van der Waals surface area contributed by atoms with Gasteiger partial charge in [-0.3, -0.25) is 4.79 Å². The fraction of sp³-hybridized carbons (Fsp3) is 0.235. The molecule has 0 atom stereocenters. The Labute approximate surface area is 123 Å². The van der Waals surface area contributed by atoms with E-state index in [2.05, 4.69) is 0 Å². The number of rotatable bonds is 5. The Balaban J connectivity index is 1.96. The van der Waals surface area contributed by atoms with E-state index in [1.54, 1.807) is 12.1 Å². The molecule has 0 N–H and O–H groups in total. The van der Waals surface area contributed by atoms with Crippen LogP contribution in [0.2, 0.25) is 5.02 Å². The van der Waals surface area contributed by atoms with Gasteiger partial charge in [-0.25, -0.2) is 4.39 Å². The van der Waals surface area contributed by atoms with Gasteiger partial charge in [0.05, 0.1) is 5.02 Å². The SMILES string of the molecule is Cc1ccccc1CCC(=O)Cc1cccc(F)c1Cl. The molecule has 2 aromatic carbocycles. The van der Waals surface area contributed by atoms with E-state index in [0.29, 0.717) is 18.4 Å². The van der Waals surface area contributed by atoms with Gasteiger partial charge in [-0.05, 0) is 36.1 Å². The zero-order valence-electron chi connectivity index (χ0n) is 11.3. The fourth-order valence-corrected chi connectivity index (χ4v) is 2.34. The van der Waals surface area contributed by atoms with Crippen LogP contribution >= 0.6 is 11.6 Å². The molecule has 0 aromatic heterocycles. The highest BCUT2D eigenvalue weighted by Crippen LogP contribution is 2.21. The second-order valence-corrected chi connectivity index (χ2v) is 5.23. The van der Waals surface area contributed by atoms with Crippen molar-refractivity contribution in [2.24, 2.45) is 0 Å². The lowest BCUT2D eigenvalue weighted by atomic mass is 10.00. The van der Waals surface area contributed by atoms with Crippen molar-refractivity contribution in [3.63, 3.8) is 0 Å². The van der Waals surface area contributed by atoms with Crippen LogP contribution in [0.25, 0.3) is 0 Å². The smallest absolute Gasteiger partial charge is 0.142 e. The molecule has 0 spiro atoms. The van der Waals surface area contributed by atoms with Crippen molar-refractivity contribution in [3.05, 3.63) is 70.0 Å². The molecular weight excluding hydrogens is 275 g/mol. The van der Waals surface area contributed by atoms with Gasteiger partial charge in [-0.15, -0.1) is 0 Å². The maximum atomic E-state index is 13.3. The molecular formula is C17H16ClFO. The minimum Gasteiger partial charge on any atom is -0.299 e. The molecule has 0 saturated carbocycles.